The smallest absolute Gasteiger partial charge is 0.263 e. The highest BCUT2D eigenvalue weighted by Gasteiger charge is 2.26. The van der Waals surface area contributed by atoms with Crippen LogP contribution in [0.15, 0.2) is 23.0 Å². The molecule has 11 heteroatoms. The van der Waals surface area contributed by atoms with Crippen molar-refractivity contribution in [1.29, 1.82) is 5.26 Å². The van der Waals surface area contributed by atoms with Gasteiger partial charge in [-0.1, -0.05) is 17.7 Å². The van der Waals surface area contributed by atoms with Gasteiger partial charge in [0.15, 0.2) is 5.82 Å². The van der Waals surface area contributed by atoms with Crippen LogP contribution >= 0.6 is 11.6 Å². The summed E-state index contributed by atoms with van der Waals surface area (Å²) in [6, 6.07) is 6.60. The fraction of sp³-hybridized carbons (Fsp3) is 0.316. The number of hydrogen-bond acceptors (Lipinski definition) is 9. The van der Waals surface area contributed by atoms with Crippen LogP contribution in [0.5, 0.6) is 0 Å². The fourth-order valence-corrected chi connectivity index (χ4v) is 3.97. The minimum atomic E-state index is -0.484. The largest absolute Gasteiger partial charge is 0.382 e. The normalized spacial score (nSPS) is 17.0. The first-order chi connectivity index (χ1) is 14.4. The van der Waals surface area contributed by atoms with E-state index >= 15 is 0 Å². The fourth-order valence-electron chi connectivity index (χ4n) is 3.72. The molecule has 1 saturated heterocycles. The van der Waals surface area contributed by atoms with Crippen molar-refractivity contribution in [1.82, 2.24) is 24.8 Å². The van der Waals surface area contributed by atoms with Crippen molar-refractivity contribution in [3.05, 3.63) is 45.0 Å². The molecule has 3 aromatic rings. The van der Waals surface area contributed by atoms with Gasteiger partial charge in [0.1, 0.15) is 23.3 Å². The lowest BCUT2D eigenvalue weighted by Gasteiger charge is -2.24. The van der Waals surface area contributed by atoms with E-state index in [-0.39, 0.29) is 34.7 Å². The van der Waals surface area contributed by atoms with Crippen LogP contribution in [0.4, 0.5) is 17.6 Å². The van der Waals surface area contributed by atoms with Crippen LogP contribution in [0.2, 0.25) is 5.02 Å². The van der Waals surface area contributed by atoms with E-state index in [0.717, 1.165) is 13.0 Å². The summed E-state index contributed by atoms with van der Waals surface area (Å²) in [5, 5.41) is 16.6. The zero-order chi connectivity index (χ0) is 21.4. The number of hydrogen-bond donors (Lipinski definition) is 4. The van der Waals surface area contributed by atoms with Gasteiger partial charge in [-0.3, -0.25) is 9.36 Å². The second-order valence-corrected chi connectivity index (χ2v) is 7.50. The molecule has 1 aliphatic rings. The number of nitrogen functional groups attached to an aromatic ring is 2. The topological polar surface area (TPSA) is 161 Å². The minimum absolute atomic E-state index is 0.0182. The van der Waals surface area contributed by atoms with Gasteiger partial charge in [0.25, 0.3) is 5.56 Å². The van der Waals surface area contributed by atoms with Crippen molar-refractivity contribution in [2.24, 2.45) is 0 Å². The number of nitriles is 1. The van der Waals surface area contributed by atoms with Gasteiger partial charge in [-0.05, 0) is 32.0 Å². The summed E-state index contributed by atoms with van der Waals surface area (Å²) in [7, 11) is 0. The lowest BCUT2D eigenvalue weighted by atomic mass is 10.1. The molecule has 0 amide bonds. The highest BCUT2D eigenvalue weighted by Crippen LogP contribution is 2.27. The number of halogens is 1. The van der Waals surface area contributed by atoms with E-state index < -0.39 is 6.04 Å². The van der Waals surface area contributed by atoms with Crippen LogP contribution in [0.25, 0.3) is 10.9 Å². The molecule has 0 unspecified atom stereocenters. The summed E-state index contributed by atoms with van der Waals surface area (Å²) in [5.41, 5.74) is 11.9. The zero-order valence-electron chi connectivity index (χ0n) is 16.2. The minimum Gasteiger partial charge on any atom is -0.382 e. The monoisotopic (exact) mass is 425 g/mol. The van der Waals surface area contributed by atoms with Crippen LogP contribution < -0.4 is 27.7 Å². The molecule has 0 spiro atoms. The Balaban J connectivity index is 1.87. The van der Waals surface area contributed by atoms with Crippen molar-refractivity contribution in [2.75, 3.05) is 29.9 Å². The number of rotatable bonds is 4. The quantitative estimate of drug-likeness (QED) is 0.486. The van der Waals surface area contributed by atoms with Crippen LogP contribution in [0.1, 0.15) is 36.8 Å². The number of anilines is 3. The lowest BCUT2D eigenvalue weighted by molar-refractivity contribution is 0.488. The molecule has 0 bridgehead atoms. The first-order valence-electron chi connectivity index (χ1n) is 9.41. The highest BCUT2D eigenvalue weighted by atomic mass is 35.5. The van der Waals surface area contributed by atoms with Gasteiger partial charge in [0, 0.05) is 6.54 Å². The molecule has 3 heterocycles. The molecule has 1 aromatic carbocycles. The molecule has 0 radical (unpaired) electrons. The first kappa shape index (κ1) is 19.9. The summed E-state index contributed by atoms with van der Waals surface area (Å²) in [6.07, 6.45) is 0.786. The molecule has 30 heavy (non-hydrogen) atoms. The Bertz CT molecular complexity index is 1230. The summed E-state index contributed by atoms with van der Waals surface area (Å²) >= 11 is 6.31. The Morgan fingerprint density at radius 3 is 2.87 bits per heavy atom. The number of aromatic nitrogens is 4. The Labute approximate surface area is 176 Å². The Morgan fingerprint density at radius 1 is 1.37 bits per heavy atom. The maximum absolute atomic E-state index is 13.4. The Morgan fingerprint density at radius 2 is 2.17 bits per heavy atom. The van der Waals surface area contributed by atoms with Crippen LogP contribution in [-0.2, 0) is 0 Å². The molecule has 10 nitrogen and oxygen atoms in total. The van der Waals surface area contributed by atoms with Gasteiger partial charge in [-0.2, -0.15) is 15.2 Å². The average molecular weight is 426 g/mol. The van der Waals surface area contributed by atoms with Crippen molar-refractivity contribution < 1.29 is 0 Å². The molecule has 4 rings (SSSR count). The predicted molar refractivity (Wildman–Crippen MR) is 115 cm³/mol. The second-order valence-electron chi connectivity index (χ2n) is 7.09. The summed E-state index contributed by atoms with van der Waals surface area (Å²) in [4.78, 5) is 26.1. The maximum Gasteiger partial charge on any atom is 0.263 e. The second kappa shape index (κ2) is 7.78. The Hall–Kier alpha value is -3.42. The molecule has 1 fully saturated rings. The van der Waals surface area contributed by atoms with Gasteiger partial charge >= 0.3 is 0 Å². The molecule has 2 aromatic heterocycles. The number of nitrogens with one attached hydrogen (secondary N) is 2. The average Bonchev–Trinajstić information content (AvgIpc) is 3.21. The summed E-state index contributed by atoms with van der Waals surface area (Å²) in [6.45, 7) is 3.28. The van der Waals surface area contributed by atoms with Gasteiger partial charge in [0.05, 0.1) is 28.0 Å². The highest BCUT2D eigenvalue weighted by molar-refractivity contribution is 6.35. The van der Waals surface area contributed by atoms with Crippen molar-refractivity contribution in [3.63, 3.8) is 0 Å². The standard InChI is InChI=1S/C19H20ClN9O/c1-9(25-16-11(7-21)15(22)27-19(23)28-16)17-26-13-4-2-3-12(20)14(13)18(30)29(17)10-5-6-24-8-10/h2-4,9-10,24H,5-6,8H2,1H3,(H5,22,23,25,27,28)/t9-,10-/m0/s1. The van der Waals surface area contributed by atoms with E-state index in [1.807, 2.05) is 13.0 Å². The third-order valence-electron chi connectivity index (χ3n) is 5.11. The molecule has 0 saturated carbocycles. The Kier molecular flexibility index (Phi) is 5.15. The number of fused-ring (bicyclic) bond motifs is 1. The van der Waals surface area contributed by atoms with Gasteiger partial charge < -0.3 is 22.1 Å². The predicted octanol–water partition coefficient (Wildman–Crippen LogP) is 1.58. The van der Waals surface area contributed by atoms with Crippen LogP contribution in [0, 0.1) is 11.3 Å². The molecule has 0 aliphatic carbocycles. The van der Waals surface area contributed by atoms with Crippen molar-refractivity contribution >= 4 is 40.1 Å². The third-order valence-corrected chi connectivity index (χ3v) is 5.43. The van der Waals surface area contributed by atoms with E-state index in [4.69, 9.17) is 28.1 Å². The van der Waals surface area contributed by atoms with E-state index in [9.17, 15) is 10.1 Å². The summed E-state index contributed by atoms with van der Waals surface area (Å²) < 4.78 is 1.67. The maximum atomic E-state index is 13.4. The van der Waals surface area contributed by atoms with Crippen LogP contribution in [-0.4, -0.2) is 32.6 Å². The van der Waals surface area contributed by atoms with Crippen molar-refractivity contribution in [3.8, 4) is 6.07 Å². The number of nitrogens with two attached hydrogens (primary N) is 2. The number of benzene rings is 1. The van der Waals surface area contributed by atoms with Gasteiger partial charge in [-0.25, -0.2) is 4.98 Å². The van der Waals surface area contributed by atoms with E-state index in [1.54, 1.807) is 22.8 Å². The SMILES string of the molecule is C[C@H](Nc1nc(N)nc(N)c1C#N)c1nc2cccc(Cl)c2c(=O)n1[C@H]1CCNC1. The van der Waals surface area contributed by atoms with E-state index in [1.165, 1.54) is 0 Å². The zero-order valence-corrected chi connectivity index (χ0v) is 16.9. The third kappa shape index (κ3) is 3.38. The molecule has 2 atom stereocenters. The molecule has 1 aliphatic heterocycles. The van der Waals surface area contributed by atoms with E-state index in [2.05, 4.69) is 20.6 Å². The first-order valence-corrected chi connectivity index (χ1v) is 9.79. The summed E-state index contributed by atoms with van der Waals surface area (Å²) in [5.74, 6) is 0.613. The number of nitrogens with zero attached hydrogens (tertiary/aromatic N) is 5. The van der Waals surface area contributed by atoms with Gasteiger partial charge in [0.2, 0.25) is 5.95 Å². The van der Waals surface area contributed by atoms with Gasteiger partial charge in [-0.15, -0.1) is 0 Å². The molecular formula is C19H20ClN9O. The molecule has 6 N–H and O–H groups in total. The van der Waals surface area contributed by atoms with E-state index in [0.29, 0.717) is 28.3 Å². The lowest BCUT2D eigenvalue weighted by Crippen LogP contribution is -2.33. The van der Waals surface area contributed by atoms with Crippen molar-refractivity contribution in [2.45, 2.75) is 25.4 Å². The molecule has 154 valence electrons. The van der Waals surface area contributed by atoms with Crippen LogP contribution in [0.3, 0.4) is 0 Å². The molecular weight excluding hydrogens is 406 g/mol.